The van der Waals surface area contributed by atoms with Crippen molar-refractivity contribution in [1.29, 1.82) is 0 Å². The lowest BCUT2D eigenvalue weighted by molar-refractivity contribution is 0.638. The first-order chi connectivity index (χ1) is 24.6. The van der Waals surface area contributed by atoms with Crippen LogP contribution in [0.2, 0.25) is 0 Å². The molecule has 0 saturated heterocycles. The van der Waals surface area contributed by atoms with E-state index in [0.717, 1.165) is 60.9 Å². The molecule has 0 amide bonds. The van der Waals surface area contributed by atoms with Crippen molar-refractivity contribution < 1.29 is 4.42 Å². The quantitative estimate of drug-likeness (QED) is 0.192. The van der Waals surface area contributed by atoms with Crippen LogP contribution in [-0.2, 0) is 5.41 Å². The predicted octanol–water partition coefficient (Wildman–Crippen LogP) is 12.4. The number of furan rings is 1. The molecule has 3 heterocycles. The monoisotopic (exact) mass is 640 g/mol. The maximum absolute atomic E-state index is 6.93. The SMILES string of the molecule is CC1(C)C2=CC=CC2c2cc3c4ccccc4n(-c4cccc5c4oc4cccc(-c6cc(-c7ccccc7)nc7ccccc67)c45)c3cc21. The average molecular weight is 641 g/mol. The fraction of sp³-hybridized carbons (Fsp3) is 0.0851. The van der Waals surface area contributed by atoms with Gasteiger partial charge in [-0.2, -0.15) is 0 Å². The van der Waals surface area contributed by atoms with Crippen LogP contribution in [0.15, 0.2) is 162 Å². The molecular formula is C47H32N2O. The number of hydrogen-bond donors (Lipinski definition) is 0. The Morgan fingerprint density at radius 1 is 0.660 bits per heavy atom. The number of pyridine rings is 1. The molecule has 0 fully saturated rings. The van der Waals surface area contributed by atoms with Gasteiger partial charge in [-0.05, 0) is 70.3 Å². The molecule has 0 aliphatic heterocycles. The molecule has 0 spiro atoms. The number of fused-ring (bicyclic) bond motifs is 10. The minimum atomic E-state index is -0.0365. The van der Waals surface area contributed by atoms with E-state index >= 15 is 0 Å². The fourth-order valence-corrected chi connectivity index (χ4v) is 8.98. The summed E-state index contributed by atoms with van der Waals surface area (Å²) in [4.78, 5) is 5.09. The lowest BCUT2D eigenvalue weighted by Gasteiger charge is -2.22. The summed E-state index contributed by atoms with van der Waals surface area (Å²) >= 11 is 0. The zero-order valence-electron chi connectivity index (χ0n) is 27.8. The molecule has 3 aromatic heterocycles. The second-order valence-electron chi connectivity index (χ2n) is 14.3. The van der Waals surface area contributed by atoms with Gasteiger partial charge in [0.2, 0.25) is 0 Å². The molecule has 0 bridgehead atoms. The van der Waals surface area contributed by atoms with Crippen molar-refractivity contribution in [2.75, 3.05) is 0 Å². The third kappa shape index (κ3) is 3.67. The first kappa shape index (κ1) is 27.7. The first-order valence-electron chi connectivity index (χ1n) is 17.4. The number of hydrogen-bond acceptors (Lipinski definition) is 2. The Bertz CT molecular complexity index is 2950. The summed E-state index contributed by atoms with van der Waals surface area (Å²) in [7, 11) is 0. The molecule has 2 aliphatic rings. The molecular weight excluding hydrogens is 609 g/mol. The van der Waals surface area contributed by atoms with Crippen molar-refractivity contribution in [2.24, 2.45) is 0 Å². The zero-order chi connectivity index (χ0) is 33.1. The molecule has 0 N–H and O–H groups in total. The van der Waals surface area contributed by atoms with Gasteiger partial charge < -0.3 is 8.98 Å². The van der Waals surface area contributed by atoms with Crippen molar-refractivity contribution in [2.45, 2.75) is 25.2 Å². The Morgan fingerprint density at radius 3 is 2.34 bits per heavy atom. The third-order valence-electron chi connectivity index (χ3n) is 11.3. The van der Waals surface area contributed by atoms with Gasteiger partial charge in [0, 0.05) is 43.8 Å². The van der Waals surface area contributed by atoms with E-state index in [1.807, 2.05) is 6.07 Å². The molecule has 2 aliphatic carbocycles. The maximum Gasteiger partial charge on any atom is 0.159 e. The fourth-order valence-electron chi connectivity index (χ4n) is 8.98. The number of nitrogens with zero attached hydrogens (tertiary/aromatic N) is 2. The molecule has 6 aromatic carbocycles. The summed E-state index contributed by atoms with van der Waals surface area (Å²) in [6.45, 7) is 4.74. The summed E-state index contributed by atoms with van der Waals surface area (Å²) in [5.41, 5.74) is 14.8. The summed E-state index contributed by atoms with van der Waals surface area (Å²) in [5, 5.41) is 5.88. The highest BCUT2D eigenvalue weighted by Crippen LogP contribution is 2.54. The Balaban J connectivity index is 1.20. The van der Waals surface area contributed by atoms with Gasteiger partial charge in [0.1, 0.15) is 5.58 Å². The number of benzene rings is 6. The topological polar surface area (TPSA) is 31.0 Å². The van der Waals surface area contributed by atoms with Gasteiger partial charge in [-0.3, -0.25) is 0 Å². The van der Waals surface area contributed by atoms with Gasteiger partial charge in [0.25, 0.3) is 0 Å². The second kappa shape index (κ2) is 9.93. The molecule has 0 saturated carbocycles. The molecule has 11 rings (SSSR count). The third-order valence-corrected chi connectivity index (χ3v) is 11.3. The van der Waals surface area contributed by atoms with E-state index in [1.165, 1.54) is 38.5 Å². The van der Waals surface area contributed by atoms with Crippen molar-refractivity contribution >= 4 is 54.6 Å². The Kier molecular flexibility index (Phi) is 5.51. The van der Waals surface area contributed by atoms with Crippen LogP contribution in [0.5, 0.6) is 0 Å². The van der Waals surface area contributed by atoms with Crippen molar-refractivity contribution in [3.63, 3.8) is 0 Å². The van der Waals surface area contributed by atoms with E-state index < -0.39 is 0 Å². The van der Waals surface area contributed by atoms with Crippen molar-refractivity contribution in [1.82, 2.24) is 9.55 Å². The van der Waals surface area contributed by atoms with Crippen LogP contribution in [0.4, 0.5) is 0 Å². The average Bonchev–Trinajstić information content (AvgIpc) is 3.92. The van der Waals surface area contributed by atoms with E-state index in [1.54, 1.807) is 0 Å². The van der Waals surface area contributed by atoms with Gasteiger partial charge in [0.05, 0.1) is 27.9 Å². The summed E-state index contributed by atoms with van der Waals surface area (Å²) < 4.78 is 9.36. The summed E-state index contributed by atoms with van der Waals surface area (Å²) in [6.07, 6.45) is 6.91. The number of aromatic nitrogens is 2. The van der Waals surface area contributed by atoms with Crippen LogP contribution >= 0.6 is 0 Å². The van der Waals surface area contributed by atoms with E-state index in [-0.39, 0.29) is 5.41 Å². The number of para-hydroxylation sites is 3. The van der Waals surface area contributed by atoms with Gasteiger partial charge >= 0.3 is 0 Å². The predicted molar refractivity (Wildman–Crippen MR) is 207 cm³/mol. The molecule has 1 atom stereocenters. The molecule has 3 nitrogen and oxygen atoms in total. The van der Waals surface area contributed by atoms with Crippen LogP contribution in [0.1, 0.15) is 30.9 Å². The lowest BCUT2D eigenvalue weighted by atomic mass is 9.82. The van der Waals surface area contributed by atoms with Crippen molar-refractivity contribution in [3.8, 4) is 28.1 Å². The standard InChI is InChI=1S/C47H32N2O/c1-47(2)37-20-10-17-29(37)35-25-36-31-16-7-9-22-41(31)49(43(36)27-38(35)47)42-23-11-19-33-45-32(18-12-24-44(45)50-46(33)42)34-26-40(28-13-4-3-5-14-28)48-39-21-8-6-15-30(34)39/h3-27,29H,1-2H3. The van der Waals surface area contributed by atoms with Crippen LogP contribution in [0.25, 0.3) is 82.7 Å². The van der Waals surface area contributed by atoms with Gasteiger partial charge in [-0.15, -0.1) is 0 Å². The molecule has 0 radical (unpaired) electrons. The smallest absolute Gasteiger partial charge is 0.159 e. The van der Waals surface area contributed by atoms with Gasteiger partial charge in [-0.25, -0.2) is 4.98 Å². The van der Waals surface area contributed by atoms with Crippen molar-refractivity contribution in [3.05, 3.63) is 168 Å². The van der Waals surface area contributed by atoms with Gasteiger partial charge in [-0.1, -0.05) is 123 Å². The Labute approximate surface area is 289 Å². The van der Waals surface area contributed by atoms with Crippen LogP contribution in [0, 0.1) is 0 Å². The Morgan fingerprint density at radius 2 is 1.44 bits per heavy atom. The molecule has 9 aromatic rings. The van der Waals surface area contributed by atoms with E-state index in [0.29, 0.717) is 5.92 Å². The van der Waals surface area contributed by atoms with Crippen LogP contribution in [0.3, 0.4) is 0 Å². The molecule has 3 heteroatoms. The lowest BCUT2D eigenvalue weighted by Crippen LogP contribution is -2.15. The molecule has 50 heavy (non-hydrogen) atoms. The van der Waals surface area contributed by atoms with E-state index in [2.05, 4.69) is 164 Å². The minimum Gasteiger partial charge on any atom is -0.454 e. The largest absolute Gasteiger partial charge is 0.454 e. The first-order valence-corrected chi connectivity index (χ1v) is 17.4. The number of rotatable bonds is 3. The summed E-state index contributed by atoms with van der Waals surface area (Å²) in [5.74, 6) is 0.357. The highest BCUT2D eigenvalue weighted by molar-refractivity contribution is 6.18. The van der Waals surface area contributed by atoms with Crippen LogP contribution < -0.4 is 0 Å². The van der Waals surface area contributed by atoms with E-state index in [9.17, 15) is 0 Å². The van der Waals surface area contributed by atoms with E-state index in [4.69, 9.17) is 9.40 Å². The maximum atomic E-state index is 6.93. The summed E-state index contributed by atoms with van der Waals surface area (Å²) in [6, 6.07) is 47.9. The van der Waals surface area contributed by atoms with Gasteiger partial charge in [0.15, 0.2) is 5.58 Å². The molecule has 1 unspecified atom stereocenters. The molecule has 236 valence electrons. The number of allylic oxidation sites excluding steroid dienone is 4. The second-order valence-corrected chi connectivity index (χ2v) is 14.3. The van der Waals surface area contributed by atoms with Crippen LogP contribution in [-0.4, -0.2) is 9.55 Å². The Hall–Kier alpha value is -6.19. The zero-order valence-corrected chi connectivity index (χ0v) is 27.8. The normalized spacial score (nSPS) is 16.2. The highest BCUT2D eigenvalue weighted by atomic mass is 16.3. The highest BCUT2D eigenvalue weighted by Gasteiger charge is 2.42. The minimum absolute atomic E-state index is 0.0365.